The lowest BCUT2D eigenvalue weighted by Crippen LogP contribution is -2.57. The molecule has 5 rings (SSSR count). The summed E-state index contributed by atoms with van der Waals surface area (Å²) in [5, 5.41) is 6.12. The Morgan fingerprint density at radius 3 is 2.44 bits per heavy atom. The second-order valence-corrected chi connectivity index (χ2v) is 10.2. The monoisotopic (exact) mass is 522 g/mol. The lowest BCUT2D eigenvalue weighted by Gasteiger charge is -2.41. The molecule has 3 aromatic carbocycles. The Labute approximate surface area is 221 Å². The van der Waals surface area contributed by atoms with Gasteiger partial charge in [0, 0.05) is 46.5 Å². The maximum Gasteiger partial charge on any atom is 0.255 e. The summed E-state index contributed by atoms with van der Waals surface area (Å²) in [7, 11) is 0. The lowest BCUT2D eigenvalue weighted by molar-refractivity contribution is -0.125. The van der Waals surface area contributed by atoms with E-state index in [-0.39, 0.29) is 18.4 Å². The third-order valence-corrected chi connectivity index (χ3v) is 7.34. The van der Waals surface area contributed by atoms with E-state index < -0.39 is 5.54 Å². The van der Waals surface area contributed by atoms with Crippen LogP contribution in [0.25, 0.3) is 0 Å². The summed E-state index contributed by atoms with van der Waals surface area (Å²) in [6, 6.07) is 22.5. The van der Waals surface area contributed by atoms with Crippen molar-refractivity contribution in [3.05, 3.63) is 94.0 Å². The van der Waals surface area contributed by atoms with Crippen molar-refractivity contribution in [3.8, 4) is 0 Å². The van der Waals surface area contributed by atoms with E-state index in [1.54, 1.807) is 18.2 Å². The highest BCUT2D eigenvalue weighted by Crippen LogP contribution is 2.46. The molecule has 0 spiro atoms. The van der Waals surface area contributed by atoms with Gasteiger partial charge in [-0.05, 0) is 54.8 Å². The molecular formula is C28H28Cl2N4O2. The first kappa shape index (κ1) is 24.6. The fourth-order valence-electron chi connectivity index (χ4n) is 5.23. The molecule has 0 aliphatic carbocycles. The largest absolute Gasteiger partial charge is 0.344 e. The Kier molecular flexibility index (Phi) is 7.19. The van der Waals surface area contributed by atoms with Gasteiger partial charge in [0.15, 0.2) is 5.54 Å². The molecule has 1 atom stereocenters. The van der Waals surface area contributed by atoms with Gasteiger partial charge in [-0.1, -0.05) is 66.0 Å². The summed E-state index contributed by atoms with van der Waals surface area (Å²) in [5.74, 6) is -0.379. The van der Waals surface area contributed by atoms with Gasteiger partial charge < -0.3 is 10.2 Å². The van der Waals surface area contributed by atoms with Gasteiger partial charge in [0.1, 0.15) is 0 Å². The van der Waals surface area contributed by atoms with E-state index in [9.17, 15) is 9.59 Å². The zero-order valence-electron chi connectivity index (χ0n) is 19.8. The fourth-order valence-corrected chi connectivity index (χ4v) is 5.61. The Morgan fingerprint density at radius 1 is 0.944 bits per heavy atom. The first-order chi connectivity index (χ1) is 17.5. The zero-order valence-corrected chi connectivity index (χ0v) is 21.4. The summed E-state index contributed by atoms with van der Waals surface area (Å²) >= 11 is 12.6. The maximum atomic E-state index is 14.0. The maximum absolute atomic E-state index is 14.0. The number of amides is 2. The van der Waals surface area contributed by atoms with Crippen LogP contribution in [-0.2, 0) is 21.5 Å². The highest BCUT2D eigenvalue weighted by atomic mass is 35.5. The number of anilines is 2. The minimum atomic E-state index is -1.19. The molecular weight excluding hydrogens is 495 g/mol. The van der Waals surface area contributed by atoms with E-state index in [0.29, 0.717) is 22.2 Å². The zero-order chi connectivity index (χ0) is 25.1. The normalized spacial score (nSPS) is 19.4. The first-order valence-electron chi connectivity index (χ1n) is 12.2. The topological polar surface area (TPSA) is 64.7 Å². The van der Waals surface area contributed by atoms with Crippen molar-refractivity contribution in [2.75, 3.05) is 29.9 Å². The van der Waals surface area contributed by atoms with Crippen LogP contribution in [0.4, 0.5) is 11.4 Å². The second kappa shape index (κ2) is 10.5. The molecule has 1 unspecified atom stereocenters. The predicted octanol–water partition coefficient (Wildman–Crippen LogP) is 5.41. The van der Waals surface area contributed by atoms with Crippen LogP contribution in [0.3, 0.4) is 0 Å². The molecule has 0 saturated carbocycles. The Bertz CT molecular complexity index is 1260. The quantitative estimate of drug-likeness (QED) is 0.435. The number of fused-ring (bicyclic) bond motifs is 1. The molecule has 186 valence electrons. The minimum Gasteiger partial charge on any atom is -0.344 e. The van der Waals surface area contributed by atoms with Gasteiger partial charge >= 0.3 is 0 Å². The van der Waals surface area contributed by atoms with Crippen LogP contribution in [0.1, 0.15) is 30.4 Å². The summed E-state index contributed by atoms with van der Waals surface area (Å²) in [6.07, 6.45) is 3.60. The molecule has 3 aromatic rings. The average molecular weight is 523 g/mol. The number of para-hydroxylation sites is 1. The van der Waals surface area contributed by atoms with Crippen molar-refractivity contribution in [1.82, 2.24) is 10.4 Å². The molecule has 0 bridgehead atoms. The number of nitrogens with zero attached hydrogens (tertiary/aromatic N) is 2. The first-order valence-corrected chi connectivity index (χ1v) is 12.9. The number of carbonyl (C=O) groups is 2. The molecule has 1 fully saturated rings. The van der Waals surface area contributed by atoms with E-state index in [1.807, 2.05) is 64.5 Å². The number of carbonyl (C=O) groups excluding carboxylic acids is 2. The summed E-state index contributed by atoms with van der Waals surface area (Å²) < 4.78 is 0. The van der Waals surface area contributed by atoms with Crippen LogP contribution in [-0.4, -0.2) is 36.5 Å². The van der Waals surface area contributed by atoms with Crippen LogP contribution < -0.4 is 15.6 Å². The Balaban J connectivity index is 1.60. The fraction of sp³-hybridized carbons (Fsp3) is 0.286. The molecule has 36 heavy (non-hydrogen) atoms. The predicted molar refractivity (Wildman–Crippen MR) is 144 cm³/mol. The van der Waals surface area contributed by atoms with Gasteiger partial charge in [-0.25, -0.2) is 5.01 Å². The number of hydrogen-bond donors (Lipinski definition) is 2. The minimum absolute atomic E-state index is 0.00341. The van der Waals surface area contributed by atoms with Gasteiger partial charge in [-0.15, -0.1) is 0 Å². The number of nitrogens with one attached hydrogen (secondary N) is 2. The summed E-state index contributed by atoms with van der Waals surface area (Å²) in [6.45, 7) is 1.65. The molecule has 2 aliphatic heterocycles. The molecule has 2 heterocycles. The number of piperidine rings is 1. The Morgan fingerprint density at radius 2 is 1.69 bits per heavy atom. The van der Waals surface area contributed by atoms with Crippen LogP contribution in [0.15, 0.2) is 72.8 Å². The van der Waals surface area contributed by atoms with Gasteiger partial charge in [0.05, 0.1) is 6.54 Å². The molecule has 2 N–H and O–H groups in total. The third kappa shape index (κ3) is 4.94. The molecule has 2 aliphatic rings. The highest BCUT2D eigenvalue weighted by molar-refractivity contribution is 6.31. The summed E-state index contributed by atoms with van der Waals surface area (Å²) in [5.41, 5.74) is 4.94. The molecule has 1 saturated heterocycles. The van der Waals surface area contributed by atoms with E-state index in [2.05, 4.69) is 10.7 Å². The molecule has 2 amide bonds. The van der Waals surface area contributed by atoms with E-state index in [4.69, 9.17) is 23.2 Å². The smallest absolute Gasteiger partial charge is 0.255 e. The summed E-state index contributed by atoms with van der Waals surface area (Å²) in [4.78, 5) is 29.3. The molecule has 6 nitrogen and oxygen atoms in total. The van der Waals surface area contributed by atoms with Crippen molar-refractivity contribution in [2.24, 2.45) is 0 Å². The van der Waals surface area contributed by atoms with E-state index in [0.717, 1.165) is 42.7 Å². The molecule has 0 aromatic heterocycles. The average Bonchev–Trinajstić information content (AvgIpc) is 3.14. The molecule has 0 radical (unpaired) electrons. The van der Waals surface area contributed by atoms with Crippen LogP contribution in [0.2, 0.25) is 10.0 Å². The van der Waals surface area contributed by atoms with Gasteiger partial charge in [-0.3, -0.25) is 15.0 Å². The van der Waals surface area contributed by atoms with Crippen LogP contribution in [0.5, 0.6) is 0 Å². The van der Waals surface area contributed by atoms with Gasteiger partial charge in [-0.2, -0.15) is 0 Å². The third-order valence-electron chi connectivity index (χ3n) is 6.87. The lowest BCUT2D eigenvalue weighted by atomic mass is 9.82. The van der Waals surface area contributed by atoms with Crippen LogP contribution in [0, 0.1) is 0 Å². The van der Waals surface area contributed by atoms with Crippen molar-refractivity contribution in [1.29, 1.82) is 0 Å². The van der Waals surface area contributed by atoms with Crippen LogP contribution >= 0.6 is 23.2 Å². The van der Waals surface area contributed by atoms with Crippen molar-refractivity contribution in [2.45, 2.75) is 31.2 Å². The van der Waals surface area contributed by atoms with Gasteiger partial charge in [0.2, 0.25) is 0 Å². The van der Waals surface area contributed by atoms with Crippen molar-refractivity contribution < 1.29 is 9.59 Å². The second-order valence-electron chi connectivity index (χ2n) is 9.32. The standard InChI is InChI=1S/C28H28Cl2N4O2/c29-21-9-7-8-20(16-21)18-28(24-13-12-22(30)17-25(24)31-27(28)36)34(23-10-3-1-4-11-23)19-26(35)32-33-14-5-2-6-15-33/h1,3-4,7-13,16-17H,2,5-6,14-15,18-19H2,(H,31,36)(H,32,35). The number of halogens is 2. The number of rotatable bonds is 7. The highest BCUT2D eigenvalue weighted by Gasteiger charge is 2.52. The van der Waals surface area contributed by atoms with E-state index >= 15 is 0 Å². The Hall–Kier alpha value is -3.06. The van der Waals surface area contributed by atoms with Gasteiger partial charge in [0.25, 0.3) is 11.8 Å². The van der Waals surface area contributed by atoms with E-state index in [1.165, 1.54) is 6.42 Å². The van der Waals surface area contributed by atoms with Crippen molar-refractivity contribution in [3.63, 3.8) is 0 Å². The molecule has 8 heteroatoms. The van der Waals surface area contributed by atoms with Crippen molar-refractivity contribution >= 4 is 46.4 Å². The number of benzene rings is 3. The SMILES string of the molecule is O=C(CN(c1ccccc1)C1(Cc2cccc(Cl)c2)C(=O)Nc2cc(Cl)ccc21)NN1CCCCC1. The number of hydrazine groups is 1. The number of hydrogen-bond acceptors (Lipinski definition) is 4.